The van der Waals surface area contributed by atoms with Gasteiger partial charge in [0.2, 0.25) is 0 Å². The van der Waals surface area contributed by atoms with E-state index in [0.717, 1.165) is 6.20 Å². The molecule has 0 unspecified atom stereocenters. The lowest BCUT2D eigenvalue weighted by atomic mass is 10.0. The van der Waals surface area contributed by atoms with E-state index in [1.165, 1.54) is 13.8 Å². The van der Waals surface area contributed by atoms with Crippen molar-refractivity contribution in [2.45, 2.75) is 19.5 Å². The Bertz CT molecular complexity index is 300. The van der Waals surface area contributed by atoms with Gasteiger partial charge in [-0.15, -0.1) is 0 Å². The van der Waals surface area contributed by atoms with Gasteiger partial charge in [0.1, 0.15) is 5.56 Å². The van der Waals surface area contributed by atoms with Crippen molar-refractivity contribution < 1.29 is 18.8 Å². The standard InChI is InChI=1S/C7H8FNO3/c1-7(2,8)5-4(6(10)11)3-9-12-5/h3H,1-2H3,(H,10,11). The van der Waals surface area contributed by atoms with E-state index in [1.807, 2.05) is 0 Å². The van der Waals surface area contributed by atoms with Crippen LogP contribution in [0.3, 0.4) is 0 Å². The molecule has 12 heavy (non-hydrogen) atoms. The maximum Gasteiger partial charge on any atom is 0.341 e. The lowest BCUT2D eigenvalue weighted by Gasteiger charge is -2.09. The van der Waals surface area contributed by atoms with Crippen LogP contribution < -0.4 is 0 Å². The second kappa shape index (κ2) is 2.58. The number of halogens is 1. The first-order chi connectivity index (χ1) is 5.43. The van der Waals surface area contributed by atoms with E-state index >= 15 is 0 Å². The van der Waals surface area contributed by atoms with E-state index < -0.39 is 11.6 Å². The average molecular weight is 173 g/mol. The molecule has 4 nitrogen and oxygen atoms in total. The lowest BCUT2D eigenvalue weighted by molar-refractivity contribution is 0.0682. The fraction of sp³-hybridized carbons (Fsp3) is 0.429. The second-order valence-corrected chi connectivity index (χ2v) is 2.85. The predicted molar refractivity (Wildman–Crippen MR) is 37.6 cm³/mol. The number of carboxylic acid groups (broad SMARTS) is 1. The Morgan fingerprint density at radius 3 is 2.67 bits per heavy atom. The maximum atomic E-state index is 13.2. The van der Waals surface area contributed by atoms with Gasteiger partial charge >= 0.3 is 5.97 Å². The number of carbonyl (C=O) groups is 1. The molecule has 0 atom stereocenters. The molecule has 0 aliphatic carbocycles. The van der Waals surface area contributed by atoms with Crippen LogP contribution in [0.15, 0.2) is 10.7 Å². The maximum absolute atomic E-state index is 13.2. The van der Waals surface area contributed by atoms with E-state index in [2.05, 4.69) is 9.68 Å². The summed E-state index contributed by atoms with van der Waals surface area (Å²) in [6.45, 7) is 2.42. The Balaban J connectivity index is 3.17. The van der Waals surface area contributed by atoms with E-state index in [0.29, 0.717) is 0 Å². The molecule has 66 valence electrons. The highest BCUT2D eigenvalue weighted by Gasteiger charge is 2.30. The monoisotopic (exact) mass is 173 g/mol. The van der Waals surface area contributed by atoms with E-state index in [1.54, 1.807) is 0 Å². The molecule has 1 aromatic rings. The van der Waals surface area contributed by atoms with Crippen LogP contribution in [0.2, 0.25) is 0 Å². The Hall–Kier alpha value is -1.39. The highest BCUT2D eigenvalue weighted by atomic mass is 19.1. The predicted octanol–water partition coefficient (Wildman–Crippen LogP) is 1.58. The molecule has 1 aromatic heterocycles. The van der Waals surface area contributed by atoms with Gasteiger partial charge in [-0.3, -0.25) is 0 Å². The quantitative estimate of drug-likeness (QED) is 0.737. The third kappa shape index (κ3) is 1.44. The topological polar surface area (TPSA) is 63.3 Å². The molecule has 1 N–H and O–H groups in total. The van der Waals surface area contributed by atoms with Crippen LogP contribution in [-0.2, 0) is 5.67 Å². The van der Waals surface area contributed by atoms with Crippen molar-refractivity contribution in [2.24, 2.45) is 0 Å². The molecular formula is C7H8FNO3. The molecule has 1 rings (SSSR count). The first-order valence-electron chi connectivity index (χ1n) is 3.30. The molecule has 0 saturated heterocycles. The van der Waals surface area contributed by atoms with Gasteiger partial charge in [0.05, 0.1) is 6.20 Å². The molecule has 0 saturated carbocycles. The molecule has 0 aromatic carbocycles. The van der Waals surface area contributed by atoms with Gasteiger partial charge in [-0.1, -0.05) is 5.16 Å². The Morgan fingerprint density at radius 2 is 2.33 bits per heavy atom. The van der Waals surface area contributed by atoms with Gasteiger partial charge in [0, 0.05) is 0 Å². The van der Waals surface area contributed by atoms with Gasteiger partial charge in [-0.25, -0.2) is 9.18 Å². The zero-order chi connectivity index (χ0) is 9.35. The van der Waals surface area contributed by atoms with Gasteiger partial charge in [0.25, 0.3) is 0 Å². The third-order valence-electron chi connectivity index (χ3n) is 1.34. The van der Waals surface area contributed by atoms with Crippen LogP contribution in [0.1, 0.15) is 30.0 Å². The van der Waals surface area contributed by atoms with Crippen LogP contribution in [-0.4, -0.2) is 16.2 Å². The molecule has 0 spiro atoms. The lowest BCUT2D eigenvalue weighted by Crippen LogP contribution is -2.12. The van der Waals surface area contributed by atoms with Crippen LogP contribution in [0.4, 0.5) is 4.39 Å². The zero-order valence-corrected chi connectivity index (χ0v) is 6.67. The van der Waals surface area contributed by atoms with Gasteiger partial charge < -0.3 is 9.63 Å². The average Bonchev–Trinajstić information content (AvgIpc) is 2.30. The SMILES string of the molecule is CC(C)(F)c1oncc1C(=O)O. The summed E-state index contributed by atoms with van der Waals surface area (Å²) in [5, 5.41) is 11.8. The smallest absolute Gasteiger partial charge is 0.341 e. The molecule has 1 heterocycles. The Morgan fingerprint density at radius 1 is 1.75 bits per heavy atom. The van der Waals surface area contributed by atoms with Crippen molar-refractivity contribution in [1.82, 2.24) is 5.16 Å². The molecule has 0 fully saturated rings. The summed E-state index contributed by atoms with van der Waals surface area (Å²) in [6.07, 6.45) is 0.985. The third-order valence-corrected chi connectivity index (χ3v) is 1.34. The van der Waals surface area contributed by atoms with Crippen molar-refractivity contribution in [2.75, 3.05) is 0 Å². The van der Waals surface area contributed by atoms with Crippen LogP contribution in [0, 0.1) is 0 Å². The minimum absolute atomic E-state index is 0.234. The van der Waals surface area contributed by atoms with Crippen LogP contribution in [0.5, 0.6) is 0 Å². The minimum atomic E-state index is -1.82. The summed E-state index contributed by atoms with van der Waals surface area (Å²) >= 11 is 0. The van der Waals surface area contributed by atoms with Crippen molar-refractivity contribution in [3.05, 3.63) is 17.5 Å². The molecule has 0 bridgehead atoms. The summed E-state index contributed by atoms with van der Waals surface area (Å²) < 4.78 is 17.7. The molecule has 0 radical (unpaired) electrons. The number of aromatic carboxylic acids is 1. The minimum Gasteiger partial charge on any atom is -0.478 e. The van der Waals surface area contributed by atoms with E-state index in [-0.39, 0.29) is 11.3 Å². The number of nitrogens with zero attached hydrogens (tertiary/aromatic N) is 1. The molecule has 0 aliphatic heterocycles. The molecule has 5 heteroatoms. The first kappa shape index (κ1) is 8.70. The largest absolute Gasteiger partial charge is 0.478 e. The fourth-order valence-corrected chi connectivity index (χ4v) is 0.821. The number of carboxylic acids is 1. The number of hydrogen-bond donors (Lipinski definition) is 1. The van der Waals surface area contributed by atoms with Gasteiger partial charge in [-0.05, 0) is 13.8 Å². The summed E-state index contributed by atoms with van der Waals surface area (Å²) in [6, 6.07) is 0. The summed E-state index contributed by atoms with van der Waals surface area (Å²) in [5.74, 6) is -1.49. The normalized spacial score (nSPS) is 11.6. The number of aromatic nitrogens is 1. The summed E-state index contributed by atoms with van der Waals surface area (Å²) in [4.78, 5) is 10.5. The highest BCUT2D eigenvalue weighted by Crippen LogP contribution is 2.27. The molecular weight excluding hydrogens is 165 g/mol. The second-order valence-electron chi connectivity index (χ2n) is 2.85. The first-order valence-corrected chi connectivity index (χ1v) is 3.30. The summed E-state index contributed by atoms with van der Waals surface area (Å²) in [7, 11) is 0. The summed E-state index contributed by atoms with van der Waals surface area (Å²) in [5.41, 5.74) is -2.05. The number of rotatable bonds is 2. The highest BCUT2D eigenvalue weighted by molar-refractivity contribution is 5.88. The van der Waals surface area contributed by atoms with Crippen molar-refractivity contribution in [3.8, 4) is 0 Å². The number of hydrogen-bond acceptors (Lipinski definition) is 3. The Kier molecular flexibility index (Phi) is 1.87. The van der Waals surface area contributed by atoms with Crippen LogP contribution in [0.25, 0.3) is 0 Å². The molecule has 0 amide bonds. The van der Waals surface area contributed by atoms with Crippen molar-refractivity contribution >= 4 is 5.97 Å². The van der Waals surface area contributed by atoms with Crippen molar-refractivity contribution in [3.63, 3.8) is 0 Å². The zero-order valence-electron chi connectivity index (χ0n) is 6.67. The Labute approximate surface area is 68.0 Å². The number of alkyl halides is 1. The van der Waals surface area contributed by atoms with E-state index in [9.17, 15) is 9.18 Å². The van der Waals surface area contributed by atoms with Crippen molar-refractivity contribution in [1.29, 1.82) is 0 Å². The van der Waals surface area contributed by atoms with E-state index in [4.69, 9.17) is 5.11 Å². The van der Waals surface area contributed by atoms with Crippen LogP contribution >= 0.6 is 0 Å². The van der Waals surface area contributed by atoms with Gasteiger partial charge in [-0.2, -0.15) is 0 Å². The molecule has 0 aliphatic rings. The van der Waals surface area contributed by atoms with Gasteiger partial charge in [0.15, 0.2) is 11.4 Å². The fourth-order valence-electron chi connectivity index (χ4n) is 0.821.